The Morgan fingerprint density at radius 3 is 2.48 bits per heavy atom. The zero-order valence-corrected chi connectivity index (χ0v) is 18.1. The van der Waals surface area contributed by atoms with Crippen molar-refractivity contribution in [2.45, 2.75) is 39.2 Å². The molecule has 3 aromatic heterocycles. The van der Waals surface area contributed by atoms with Crippen molar-refractivity contribution in [1.29, 1.82) is 0 Å². The van der Waals surface area contributed by atoms with Crippen LogP contribution >= 0.6 is 0 Å². The summed E-state index contributed by atoms with van der Waals surface area (Å²) in [6, 6.07) is 9.88. The molecule has 0 atom stereocenters. The number of hydrogen-bond acceptors (Lipinski definition) is 7. The van der Waals surface area contributed by atoms with Crippen LogP contribution in [0.4, 0.5) is 11.5 Å². The van der Waals surface area contributed by atoms with Gasteiger partial charge in [0, 0.05) is 25.7 Å². The molecule has 2 N–H and O–H groups in total. The smallest absolute Gasteiger partial charge is 0.177 e. The molecule has 1 aliphatic rings. The summed E-state index contributed by atoms with van der Waals surface area (Å²) < 4.78 is 1.81. The van der Waals surface area contributed by atoms with E-state index in [-0.39, 0.29) is 0 Å². The molecule has 0 aliphatic carbocycles. The standard InChI is InChI=1S/C23H27N7O/c1-15-21(26-17-9-5-4-8-16(17)25-15)19-13-30-22(27-19)18(24-14-23(2,3)31)12-20(28-30)29-10-6-7-11-29/h4-5,8-9,12-13,24,31H,6-7,10-11,14H2,1-3H3. The van der Waals surface area contributed by atoms with Crippen molar-refractivity contribution in [3.63, 3.8) is 0 Å². The molecule has 160 valence electrons. The Bertz CT molecular complexity index is 1250. The third kappa shape index (κ3) is 3.90. The number of rotatable bonds is 5. The van der Waals surface area contributed by atoms with Crippen LogP contribution in [0.1, 0.15) is 32.4 Å². The van der Waals surface area contributed by atoms with E-state index in [4.69, 9.17) is 20.1 Å². The van der Waals surface area contributed by atoms with E-state index in [9.17, 15) is 5.11 Å². The predicted molar refractivity (Wildman–Crippen MR) is 122 cm³/mol. The van der Waals surface area contributed by atoms with Gasteiger partial charge in [0.15, 0.2) is 11.5 Å². The minimum absolute atomic E-state index is 0.406. The highest BCUT2D eigenvalue weighted by atomic mass is 16.3. The van der Waals surface area contributed by atoms with E-state index in [0.717, 1.165) is 52.7 Å². The summed E-state index contributed by atoms with van der Waals surface area (Å²) in [5.41, 5.74) is 4.72. The number of anilines is 2. The van der Waals surface area contributed by atoms with Gasteiger partial charge in [-0.25, -0.2) is 19.5 Å². The molecule has 0 amide bonds. The van der Waals surface area contributed by atoms with Crippen LogP contribution in [-0.4, -0.2) is 54.9 Å². The van der Waals surface area contributed by atoms with Crippen molar-refractivity contribution < 1.29 is 5.11 Å². The van der Waals surface area contributed by atoms with Crippen molar-refractivity contribution in [2.75, 3.05) is 29.9 Å². The third-order valence-electron chi connectivity index (χ3n) is 5.54. The van der Waals surface area contributed by atoms with Crippen LogP contribution in [0.3, 0.4) is 0 Å². The number of fused-ring (bicyclic) bond motifs is 2. The lowest BCUT2D eigenvalue weighted by molar-refractivity contribution is 0.0945. The van der Waals surface area contributed by atoms with Crippen molar-refractivity contribution in [3.8, 4) is 11.4 Å². The van der Waals surface area contributed by atoms with Crippen LogP contribution in [0.5, 0.6) is 0 Å². The topological polar surface area (TPSA) is 91.5 Å². The fraction of sp³-hybridized carbons (Fsp3) is 0.391. The summed E-state index contributed by atoms with van der Waals surface area (Å²) >= 11 is 0. The van der Waals surface area contributed by atoms with E-state index in [1.807, 2.05) is 48.0 Å². The summed E-state index contributed by atoms with van der Waals surface area (Å²) in [6.07, 6.45) is 4.26. The zero-order valence-electron chi connectivity index (χ0n) is 18.1. The first-order valence-electron chi connectivity index (χ1n) is 10.7. The first-order valence-corrected chi connectivity index (χ1v) is 10.7. The largest absolute Gasteiger partial charge is 0.389 e. The van der Waals surface area contributed by atoms with Crippen LogP contribution in [0.15, 0.2) is 36.5 Å². The molecule has 1 aromatic carbocycles. The van der Waals surface area contributed by atoms with Crippen molar-refractivity contribution in [1.82, 2.24) is 24.6 Å². The number of nitrogens with one attached hydrogen (secondary N) is 1. The second-order valence-corrected chi connectivity index (χ2v) is 8.82. The van der Waals surface area contributed by atoms with Crippen LogP contribution in [0.25, 0.3) is 28.1 Å². The molecule has 4 heterocycles. The molecule has 1 saturated heterocycles. The lowest BCUT2D eigenvalue weighted by Gasteiger charge is -2.21. The maximum Gasteiger partial charge on any atom is 0.177 e. The second-order valence-electron chi connectivity index (χ2n) is 8.82. The highest BCUT2D eigenvalue weighted by molar-refractivity contribution is 5.79. The van der Waals surface area contributed by atoms with Crippen molar-refractivity contribution in [3.05, 3.63) is 42.2 Å². The van der Waals surface area contributed by atoms with Crippen LogP contribution in [0.2, 0.25) is 0 Å². The number of imidazole rings is 1. The predicted octanol–water partition coefficient (Wildman–Crippen LogP) is 3.43. The van der Waals surface area contributed by atoms with E-state index >= 15 is 0 Å². The molecule has 0 saturated carbocycles. The number of para-hydroxylation sites is 2. The first-order chi connectivity index (χ1) is 14.9. The fourth-order valence-corrected chi connectivity index (χ4v) is 3.95. The molecular formula is C23H27N7O. The molecule has 8 heteroatoms. The highest BCUT2D eigenvalue weighted by Gasteiger charge is 2.20. The Hall–Kier alpha value is -3.26. The second kappa shape index (κ2) is 7.46. The monoisotopic (exact) mass is 417 g/mol. The lowest BCUT2D eigenvalue weighted by Crippen LogP contribution is -2.29. The van der Waals surface area contributed by atoms with E-state index in [1.165, 1.54) is 12.8 Å². The summed E-state index contributed by atoms with van der Waals surface area (Å²) in [6.45, 7) is 7.93. The van der Waals surface area contributed by atoms with Gasteiger partial charge in [-0.2, -0.15) is 0 Å². The minimum Gasteiger partial charge on any atom is -0.389 e. The normalized spacial score (nSPS) is 14.6. The van der Waals surface area contributed by atoms with Crippen LogP contribution in [0, 0.1) is 6.92 Å². The van der Waals surface area contributed by atoms with Gasteiger partial charge in [0.05, 0.1) is 34.2 Å². The number of aliphatic hydroxyl groups is 1. The zero-order chi connectivity index (χ0) is 21.6. The minimum atomic E-state index is -0.843. The summed E-state index contributed by atoms with van der Waals surface area (Å²) in [4.78, 5) is 16.7. The molecular weight excluding hydrogens is 390 g/mol. The Morgan fingerprint density at radius 1 is 1.06 bits per heavy atom. The van der Waals surface area contributed by atoms with Gasteiger partial charge < -0.3 is 15.3 Å². The summed E-state index contributed by atoms with van der Waals surface area (Å²) in [5.74, 6) is 0.911. The number of hydrogen-bond donors (Lipinski definition) is 2. The maximum absolute atomic E-state index is 10.2. The van der Waals surface area contributed by atoms with Gasteiger partial charge in [0.2, 0.25) is 0 Å². The number of aryl methyl sites for hydroxylation is 1. The van der Waals surface area contributed by atoms with Gasteiger partial charge >= 0.3 is 0 Å². The van der Waals surface area contributed by atoms with Crippen molar-refractivity contribution in [2.24, 2.45) is 0 Å². The summed E-state index contributed by atoms with van der Waals surface area (Å²) in [7, 11) is 0. The Balaban J connectivity index is 1.63. The summed E-state index contributed by atoms with van der Waals surface area (Å²) in [5, 5.41) is 18.4. The van der Waals surface area contributed by atoms with E-state index in [2.05, 4.69) is 10.2 Å². The quantitative estimate of drug-likeness (QED) is 0.514. The molecule has 0 bridgehead atoms. The SMILES string of the molecule is Cc1nc2ccccc2nc1-c1cn2nc(N3CCCC3)cc(NCC(C)(C)O)c2n1. The van der Waals surface area contributed by atoms with Gasteiger partial charge in [-0.05, 0) is 45.7 Å². The Kier molecular flexibility index (Phi) is 4.74. The number of aromatic nitrogens is 5. The lowest BCUT2D eigenvalue weighted by atomic mass is 10.1. The van der Waals surface area contributed by atoms with Gasteiger partial charge in [0.1, 0.15) is 11.4 Å². The Morgan fingerprint density at radius 2 is 1.77 bits per heavy atom. The molecule has 4 aromatic rings. The molecule has 1 aliphatic heterocycles. The van der Waals surface area contributed by atoms with Gasteiger partial charge in [-0.15, -0.1) is 5.10 Å². The Labute approximate surface area is 181 Å². The molecule has 0 spiro atoms. The van der Waals surface area contributed by atoms with Gasteiger partial charge in [0.25, 0.3) is 0 Å². The number of benzene rings is 1. The van der Waals surface area contributed by atoms with E-state index in [1.54, 1.807) is 13.8 Å². The van der Waals surface area contributed by atoms with Crippen molar-refractivity contribution >= 4 is 28.2 Å². The molecule has 8 nitrogen and oxygen atoms in total. The average Bonchev–Trinajstić information content (AvgIpc) is 3.40. The molecule has 1 fully saturated rings. The van der Waals surface area contributed by atoms with E-state index in [0.29, 0.717) is 12.2 Å². The molecule has 31 heavy (non-hydrogen) atoms. The van der Waals surface area contributed by atoms with Crippen LogP contribution in [-0.2, 0) is 0 Å². The van der Waals surface area contributed by atoms with E-state index < -0.39 is 5.60 Å². The van der Waals surface area contributed by atoms with Gasteiger partial charge in [-0.3, -0.25) is 0 Å². The molecule has 0 radical (unpaired) electrons. The van der Waals surface area contributed by atoms with Crippen LogP contribution < -0.4 is 10.2 Å². The highest BCUT2D eigenvalue weighted by Crippen LogP contribution is 2.28. The maximum atomic E-state index is 10.2. The molecule has 0 unspecified atom stereocenters. The average molecular weight is 418 g/mol. The molecule has 5 rings (SSSR count). The number of nitrogens with zero attached hydrogens (tertiary/aromatic N) is 6. The van der Waals surface area contributed by atoms with Gasteiger partial charge in [-0.1, -0.05) is 12.1 Å². The fourth-order valence-electron chi connectivity index (χ4n) is 3.95. The first kappa shape index (κ1) is 19.7. The third-order valence-corrected chi connectivity index (χ3v) is 5.54.